The molecule has 0 aliphatic rings. The van der Waals surface area contributed by atoms with E-state index in [0.29, 0.717) is 0 Å². The highest BCUT2D eigenvalue weighted by molar-refractivity contribution is 6.41. The van der Waals surface area contributed by atoms with Gasteiger partial charge in [-0.3, -0.25) is 0 Å². The van der Waals surface area contributed by atoms with Crippen molar-refractivity contribution in [2.75, 3.05) is 6.61 Å². The first-order chi connectivity index (χ1) is 6.29. The van der Waals surface area contributed by atoms with Crippen LogP contribution in [-0.2, 0) is 9.53 Å². The van der Waals surface area contributed by atoms with Gasteiger partial charge in [-0.15, -0.1) is 10.2 Å². The van der Waals surface area contributed by atoms with Gasteiger partial charge in [-0.2, -0.15) is 5.21 Å². The number of hydrogen-bond acceptors (Lipinski definition) is 7. The van der Waals surface area contributed by atoms with Crippen molar-refractivity contribution < 1.29 is 14.7 Å². The van der Waals surface area contributed by atoms with Gasteiger partial charge in [0.15, 0.2) is 0 Å². The van der Waals surface area contributed by atoms with E-state index in [1.54, 1.807) is 6.92 Å². The van der Waals surface area contributed by atoms with Gasteiger partial charge < -0.3 is 9.94 Å². The monoisotopic (exact) mass is 185 g/mol. The maximum absolute atomic E-state index is 11.0. The lowest BCUT2D eigenvalue weighted by Gasteiger charge is -1.98. The molecule has 0 amide bonds. The van der Waals surface area contributed by atoms with Crippen molar-refractivity contribution >= 4 is 11.7 Å². The Morgan fingerprint density at radius 2 is 2.54 bits per heavy atom. The number of aromatic amines is 1. The normalized spacial score (nSPS) is 11.3. The number of aromatic nitrogens is 4. The lowest BCUT2D eigenvalue weighted by atomic mass is 10.4. The molecule has 0 aromatic carbocycles. The first kappa shape index (κ1) is 9.10. The molecule has 0 atom stereocenters. The maximum atomic E-state index is 11.0. The van der Waals surface area contributed by atoms with Crippen LogP contribution in [-0.4, -0.2) is 44.1 Å². The van der Waals surface area contributed by atoms with Crippen LogP contribution in [0.2, 0.25) is 0 Å². The van der Waals surface area contributed by atoms with Crippen molar-refractivity contribution in [2.24, 2.45) is 5.16 Å². The smallest absolute Gasteiger partial charge is 0.364 e. The van der Waals surface area contributed by atoms with Crippen LogP contribution in [0.4, 0.5) is 0 Å². The van der Waals surface area contributed by atoms with Crippen molar-refractivity contribution in [3.8, 4) is 0 Å². The number of tetrazole rings is 1. The molecule has 0 saturated heterocycles. The Labute approximate surface area is 72.6 Å². The Morgan fingerprint density at radius 1 is 1.77 bits per heavy atom. The van der Waals surface area contributed by atoms with E-state index in [-0.39, 0.29) is 18.1 Å². The first-order valence-electron chi connectivity index (χ1n) is 3.42. The van der Waals surface area contributed by atoms with Crippen molar-refractivity contribution in [2.45, 2.75) is 6.92 Å². The molecule has 1 aromatic rings. The summed E-state index contributed by atoms with van der Waals surface area (Å²) in [5.41, 5.74) is -0.379. The molecule has 8 heteroatoms. The number of oxime groups is 1. The molecule has 13 heavy (non-hydrogen) atoms. The maximum Gasteiger partial charge on any atom is 0.364 e. The minimum atomic E-state index is -0.800. The van der Waals surface area contributed by atoms with E-state index < -0.39 is 5.97 Å². The summed E-state index contributed by atoms with van der Waals surface area (Å²) in [7, 11) is 0. The highest BCUT2D eigenvalue weighted by Crippen LogP contribution is 1.92. The average molecular weight is 185 g/mol. The quantitative estimate of drug-likeness (QED) is 0.268. The summed E-state index contributed by atoms with van der Waals surface area (Å²) >= 11 is 0. The molecule has 1 rings (SSSR count). The predicted molar refractivity (Wildman–Crippen MR) is 39.1 cm³/mol. The van der Waals surface area contributed by atoms with Crippen LogP contribution in [0.5, 0.6) is 0 Å². The zero-order chi connectivity index (χ0) is 9.68. The van der Waals surface area contributed by atoms with Gasteiger partial charge in [0, 0.05) is 0 Å². The van der Waals surface area contributed by atoms with Gasteiger partial charge in [0.2, 0.25) is 11.5 Å². The van der Waals surface area contributed by atoms with Crippen LogP contribution in [0.15, 0.2) is 5.16 Å². The number of nitrogens with one attached hydrogen (secondary N) is 1. The van der Waals surface area contributed by atoms with Crippen LogP contribution >= 0.6 is 0 Å². The molecule has 1 heterocycles. The van der Waals surface area contributed by atoms with Gasteiger partial charge in [-0.1, -0.05) is 5.16 Å². The van der Waals surface area contributed by atoms with E-state index in [4.69, 9.17) is 5.21 Å². The number of esters is 1. The fourth-order valence-electron chi connectivity index (χ4n) is 0.638. The summed E-state index contributed by atoms with van der Waals surface area (Å²) in [6.07, 6.45) is 0. The summed E-state index contributed by atoms with van der Waals surface area (Å²) in [6.45, 7) is 1.80. The third-order valence-corrected chi connectivity index (χ3v) is 1.13. The Morgan fingerprint density at radius 3 is 3.00 bits per heavy atom. The Hall–Kier alpha value is -1.99. The average Bonchev–Trinajstić information content (AvgIpc) is 2.59. The van der Waals surface area contributed by atoms with Gasteiger partial charge >= 0.3 is 5.97 Å². The molecule has 0 radical (unpaired) electrons. The zero-order valence-electron chi connectivity index (χ0n) is 6.76. The van der Waals surface area contributed by atoms with E-state index in [0.717, 1.165) is 0 Å². The van der Waals surface area contributed by atoms with Crippen molar-refractivity contribution in [1.29, 1.82) is 0 Å². The van der Waals surface area contributed by atoms with Crippen LogP contribution in [0.25, 0.3) is 0 Å². The molecule has 0 bridgehead atoms. The summed E-state index contributed by atoms with van der Waals surface area (Å²) < 4.78 is 4.57. The molecule has 0 unspecified atom stereocenters. The van der Waals surface area contributed by atoms with Gasteiger partial charge in [0.1, 0.15) is 0 Å². The molecular formula is C5H7N5O3. The zero-order valence-corrected chi connectivity index (χ0v) is 6.76. The molecule has 8 nitrogen and oxygen atoms in total. The molecule has 0 aliphatic carbocycles. The van der Waals surface area contributed by atoms with Crippen LogP contribution in [0.3, 0.4) is 0 Å². The SMILES string of the molecule is CCOC(=O)C(=NO)c1nn[nH]n1. The fourth-order valence-corrected chi connectivity index (χ4v) is 0.638. The largest absolute Gasteiger partial charge is 0.461 e. The predicted octanol–water partition coefficient (Wildman–Crippen LogP) is -1.06. The third-order valence-electron chi connectivity index (χ3n) is 1.13. The first-order valence-corrected chi connectivity index (χ1v) is 3.42. The molecular weight excluding hydrogens is 178 g/mol. The summed E-state index contributed by atoms with van der Waals surface area (Å²) in [5, 5.41) is 23.4. The Bertz CT molecular complexity index is 306. The summed E-state index contributed by atoms with van der Waals surface area (Å²) in [4.78, 5) is 11.0. The van der Waals surface area contributed by atoms with Crippen LogP contribution in [0, 0.1) is 0 Å². The number of ether oxygens (including phenoxy) is 1. The Balaban J connectivity index is 2.82. The van der Waals surface area contributed by atoms with E-state index >= 15 is 0 Å². The number of H-pyrrole nitrogens is 1. The minimum Gasteiger partial charge on any atom is -0.461 e. The van der Waals surface area contributed by atoms with Crippen LogP contribution < -0.4 is 0 Å². The van der Waals surface area contributed by atoms with Crippen molar-refractivity contribution in [3.05, 3.63) is 5.82 Å². The van der Waals surface area contributed by atoms with E-state index in [2.05, 4.69) is 30.5 Å². The van der Waals surface area contributed by atoms with Gasteiger partial charge in [0.05, 0.1) is 6.61 Å². The second-order valence-corrected chi connectivity index (χ2v) is 1.90. The topological polar surface area (TPSA) is 113 Å². The van der Waals surface area contributed by atoms with E-state index in [1.807, 2.05) is 0 Å². The number of nitrogens with zero attached hydrogens (tertiary/aromatic N) is 4. The van der Waals surface area contributed by atoms with E-state index in [9.17, 15) is 4.79 Å². The number of carbonyl (C=O) groups excluding carboxylic acids is 1. The molecule has 0 saturated carbocycles. The second-order valence-electron chi connectivity index (χ2n) is 1.90. The second kappa shape index (κ2) is 4.14. The van der Waals surface area contributed by atoms with Crippen molar-refractivity contribution in [3.63, 3.8) is 0 Å². The van der Waals surface area contributed by atoms with Crippen LogP contribution in [0.1, 0.15) is 12.7 Å². The minimum absolute atomic E-state index is 0.110. The highest BCUT2D eigenvalue weighted by atomic mass is 16.5. The number of hydrogen-bond donors (Lipinski definition) is 2. The van der Waals surface area contributed by atoms with Gasteiger partial charge in [-0.25, -0.2) is 4.79 Å². The van der Waals surface area contributed by atoms with Crippen molar-refractivity contribution in [1.82, 2.24) is 20.6 Å². The standard InChI is InChI=1S/C5H7N5O3/c1-2-13-5(11)3(8-12)4-6-9-10-7-4/h12H,2H2,1H3,(H,6,7,9,10). The van der Waals surface area contributed by atoms with Gasteiger partial charge in [0.25, 0.3) is 0 Å². The lowest BCUT2D eigenvalue weighted by molar-refractivity contribution is -0.135. The molecule has 0 spiro atoms. The van der Waals surface area contributed by atoms with E-state index in [1.165, 1.54) is 0 Å². The molecule has 1 aromatic heterocycles. The Kier molecular flexibility index (Phi) is 2.90. The summed E-state index contributed by atoms with van der Waals surface area (Å²) in [5.74, 6) is -0.910. The highest BCUT2D eigenvalue weighted by Gasteiger charge is 2.20. The number of rotatable bonds is 3. The molecule has 0 aliphatic heterocycles. The number of carbonyl (C=O) groups is 1. The van der Waals surface area contributed by atoms with Gasteiger partial charge in [-0.05, 0) is 12.1 Å². The molecule has 70 valence electrons. The fraction of sp³-hybridized carbons (Fsp3) is 0.400. The summed E-state index contributed by atoms with van der Waals surface area (Å²) in [6, 6.07) is 0. The lowest BCUT2D eigenvalue weighted by Crippen LogP contribution is -2.20. The third kappa shape index (κ3) is 1.98. The molecule has 0 fully saturated rings. The molecule has 2 N–H and O–H groups in total.